The number of quaternary nitrogens is 1. The fourth-order valence-corrected chi connectivity index (χ4v) is 4.79. The third-order valence-electron chi connectivity index (χ3n) is 6.30. The smallest absolute Gasteiger partial charge is 0.232 e. The van der Waals surface area contributed by atoms with Crippen molar-refractivity contribution in [2.45, 2.75) is 31.2 Å². The number of piperidine rings is 1. The van der Waals surface area contributed by atoms with Gasteiger partial charge in [-0.05, 0) is 43.5 Å². The zero-order valence-corrected chi connectivity index (χ0v) is 17.0. The molecule has 1 saturated heterocycles. The van der Waals surface area contributed by atoms with Gasteiger partial charge in [0.05, 0.1) is 31.8 Å². The summed E-state index contributed by atoms with van der Waals surface area (Å²) < 4.78 is 11.8. The van der Waals surface area contributed by atoms with Crippen LogP contribution in [0.15, 0.2) is 71.3 Å². The molecule has 5 rings (SSSR count). The highest BCUT2D eigenvalue weighted by Gasteiger charge is 2.34. The lowest BCUT2D eigenvalue weighted by molar-refractivity contribution is -0.936. The minimum absolute atomic E-state index is 0.00571. The van der Waals surface area contributed by atoms with Crippen LogP contribution in [0, 0.1) is 0 Å². The molecule has 3 heterocycles. The molecular formula is C25H27N2O3+. The molecule has 1 fully saturated rings. The lowest BCUT2D eigenvalue weighted by atomic mass is 9.87. The van der Waals surface area contributed by atoms with Crippen LogP contribution in [0.2, 0.25) is 0 Å². The first-order valence-corrected chi connectivity index (χ1v) is 10.8. The van der Waals surface area contributed by atoms with Gasteiger partial charge >= 0.3 is 0 Å². The van der Waals surface area contributed by atoms with Crippen molar-refractivity contribution in [1.82, 2.24) is 5.32 Å². The van der Waals surface area contributed by atoms with Gasteiger partial charge in [0.1, 0.15) is 11.5 Å². The van der Waals surface area contributed by atoms with E-state index in [1.165, 1.54) is 24.2 Å². The van der Waals surface area contributed by atoms with E-state index < -0.39 is 0 Å². The molecule has 2 aromatic carbocycles. The average molecular weight is 404 g/mol. The van der Waals surface area contributed by atoms with E-state index in [1.54, 1.807) is 6.26 Å². The molecule has 0 aliphatic carbocycles. The summed E-state index contributed by atoms with van der Waals surface area (Å²) in [5.41, 5.74) is 1.82. The molecule has 3 aromatic rings. The number of hydrogen-bond acceptors (Lipinski definition) is 3. The van der Waals surface area contributed by atoms with Crippen LogP contribution < -0.4 is 15.0 Å². The Bertz CT molecular complexity index is 963. The number of furan rings is 1. The number of carbonyl (C=O) groups excluding carboxylic acids is 1. The highest BCUT2D eigenvalue weighted by molar-refractivity contribution is 5.89. The quantitative estimate of drug-likeness (QED) is 0.686. The van der Waals surface area contributed by atoms with E-state index in [0.29, 0.717) is 6.54 Å². The van der Waals surface area contributed by atoms with Crippen molar-refractivity contribution in [3.05, 3.63) is 83.8 Å². The molecule has 1 amide bonds. The van der Waals surface area contributed by atoms with Crippen LogP contribution in [-0.2, 0) is 4.79 Å². The first kappa shape index (κ1) is 18.9. The maximum Gasteiger partial charge on any atom is 0.232 e. The van der Waals surface area contributed by atoms with Crippen molar-refractivity contribution < 1.29 is 18.8 Å². The third-order valence-corrected chi connectivity index (χ3v) is 6.30. The van der Waals surface area contributed by atoms with Gasteiger partial charge in [-0.1, -0.05) is 36.4 Å². The van der Waals surface area contributed by atoms with Gasteiger partial charge < -0.3 is 19.4 Å². The summed E-state index contributed by atoms with van der Waals surface area (Å²) in [6, 6.07) is 19.7. The number of likely N-dealkylation sites (tertiary alicyclic amines) is 1. The van der Waals surface area contributed by atoms with Gasteiger partial charge in [-0.25, -0.2) is 0 Å². The Balaban J connectivity index is 1.40. The van der Waals surface area contributed by atoms with Gasteiger partial charge in [0, 0.05) is 11.1 Å². The molecule has 2 N–H and O–H groups in total. The highest BCUT2D eigenvalue weighted by Crippen LogP contribution is 2.43. The Morgan fingerprint density at radius 2 is 1.60 bits per heavy atom. The molecular weight excluding hydrogens is 376 g/mol. The SMILES string of the molecule is O=C(NC[C@H](c1ccco1)[NH+]1CCCCC1)C1c2ccccc2Oc2ccccc21. The number of rotatable bonds is 5. The number of fused-ring (bicyclic) bond motifs is 2. The Labute approximate surface area is 176 Å². The van der Waals surface area contributed by atoms with Gasteiger partial charge in [0.2, 0.25) is 5.91 Å². The third kappa shape index (κ3) is 3.61. The van der Waals surface area contributed by atoms with Gasteiger partial charge in [-0.2, -0.15) is 0 Å². The van der Waals surface area contributed by atoms with E-state index in [1.807, 2.05) is 60.7 Å². The van der Waals surface area contributed by atoms with Gasteiger partial charge in [-0.3, -0.25) is 4.79 Å². The Morgan fingerprint density at radius 3 is 2.23 bits per heavy atom. The lowest BCUT2D eigenvalue weighted by Gasteiger charge is -2.31. The second kappa shape index (κ2) is 8.36. The molecule has 0 unspecified atom stereocenters. The lowest BCUT2D eigenvalue weighted by Crippen LogP contribution is -3.13. The second-order valence-electron chi connectivity index (χ2n) is 8.14. The van der Waals surface area contributed by atoms with Crippen molar-refractivity contribution in [1.29, 1.82) is 0 Å². The largest absolute Gasteiger partial charge is 0.463 e. The number of ether oxygens (including phenoxy) is 1. The molecule has 154 valence electrons. The fraction of sp³-hybridized carbons (Fsp3) is 0.320. The van der Waals surface area contributed by atoms with Crippen LogP contribution in [-0.4, -0.2) is 25.5 Å². The molecule has 0 bridgehead atoms. The van der Waals surface area contributed by atoms with Crippen LogP contribution >= 0.6 is 0 Å². The van der Waals surface area contributed by atoms with Crippen LogP contribution in [0.1, 0.15) is 48.1 Å². The predicted molar refractivity (Wildman–Crippen MR) is 114 cm³/mol. The molecule has 0 saturated carbocycles. The van der Waals surface area contributed by atoms with Crippen molar-refractivity contribution in [2.75, 3.05) is 19.6 Å². The molecule has 2 aliphatic rings. The van der Waals surface area contributed by atoms with E-state index in [0.717, 1.165) is 41.5 Å². The molecule has 1 atom stereocenters. The molecule has 30 heavy (non-hydrogen) atoms. The normalized spacial score (nSPS) is 17.5. The monoisotopic (exact) mass is 403 g/mol. The summed E-state index contributed by atoms with van der Waals surface area (Å²) in [6.45, 7) is 2.79. The standard InChI is InChI=1S/C25H26N2O3/c28-25(26-17-20(23-13-8-16-29-23)27-14-6-1-7-15-27)24-18-9-2-4-11-21(18)30-22-12-5-3-10-19(22)24/h2-5,8-13,16,20,24H,1,6-7,14-15,17H2,(H,26,28)/p+1/t20-/m1/s1. The van der Waals surface area contributed by atoms with E-state index in [4.69, 9.17) is 9.15 Å². The number of benzene rings is 2. The summed E-state index contributed by atoms with van der Waals surface area (Å²) in [7, 11) is 0. The molecule has 2 aliphatic heterocycles. The molecule has 5 heteroatoms. The van der Waals surface area contributed by atoms with Crippen LogP contribution in [0.3, 0.4) is 0 Å². The fourth-order valence-electron chi connectivity index (χ4n) is 4.79. The molecule has 1 aromatic heterocycles. The summed E-state index contributed by atoms with van der Waals surface area (Å²) in [5.74, 6) is 2.08. The van der Waals surface area contributed by atoms with Crippen LogP contribution in [0.4, 0.5) is 0 Å². The first-order chi connectivity index (χ1) is 14.8. The Kier molecular flexibility index (Phi) is 5.28. The molecule has 5 nitrogen and oxygen atoms in total. The first-order valence-electron chi connectivity index (χ1n) is 10.8. The zero-order valence-electron chi connectivity index (χ0n) is 17.0. The predicted octanol–water partition coefficient (Wildman–Crippen LogP) is 3.44. The minimum atomic E-state index is -0.375. The number of nitrogens with one attached hydrogen (secondary N) is 2. The Morgan fingerprint density at radius 1 is 0.933 bits per heavy atom. The van der Waals surface area contributed by atoms with Crippen molar-refractivity contribution in [3.63, 3.8) is 0 Å². The average Bonchev–Trinajstić information content (AvgIpc) is 3.33. The van der Waals surface area contributed by atoms with Crippen molar-refractivity contribution in [3.8, 4) is 11.5 Å². The van der Waals surface area contributed by atoms with E-state index in [9.17, 15) is 4.79 Å². The maximum absolute atomic E-state index is 13.5. The summed E-state index contributed by atoms with van der Waals surface area (Å²) in [6.07, 6.45) is 5.46. The summed E-state index contributed by atoms with van der Waals surface area (Å²) in [4.78, 5) is 15.0. The van der Waals surface area contributed by atoms with E-state index >= 15 is 0 Å². The topological polar surface area (TPSA) is 55.9 Å². The second-order valence-corrected chi connectivity index (χ2v) is 8.14. The minimum Gasteiger partial charge on any atom is -0.463 e. The van der Waals surface area contributed by atoms with E-state index in [-0.39, 0.29) is 17.9 Å². The zero-order chi connectivity index (χ0) is 20.3. The number of carbonyl (C=O) groups is 1. The maximum atomic E-state index is 13.5. The molecule has 0 radical (unpaired) electrons. The van der Waals surface area contributed by atoms with E-state index in [2.05, 4.69) is 5.32 Å². The molecule has 0 spiro atoms. The number of hydrogen-bond donors (Lipinski definition) is 2. The van der Waals surface area contributed by atoms with Crippen LogP contribution in [0.25, 0.3) is 0 Å². The summed E-state index contributed by atoms with van der Waals surface area (Å²) >= 11 is 0. The highest BCUT2D eigenvalue weighted by atomic mass is 16.5. The van der Waals surface area contributed by atoms with Gasteiger partial charge in [0.25, 0.3) is 0 Å². The Hall–Kier alpha value is -3.05. The number of para-hydroxylation sites is 2. The number of amides is 1. The van der Waals surface area contributed by atoms with Gasteiger partial charge in [0.15, 0.2) is 11.8 Å². The van der Waals surface area contributed by atoms with Crippen molar-refractivity contribution in [2.24, 2.45) is 0 Å². The summed E-state index contributed by atoms with van der Waals surface area (Å²) in [5, 5.41) is 3.24. The van der Waals surface area contributed by atoms with Crippen molar-refractivity contribution >= 4 is 5.91 Å². The van der Waals surface area contributed by atoms with Gasteiger partial charge in [-0.15, -0.1) is 0 Å². The van der Waals surface area contributed by atoms with Crippen LogP contribution in [0.5, 0.6) is 11.5 Å².